The van der Waals surface area contributed by atoms with Crippen LogP contribution in [-0.4, -0.2) is 24.5 Å². The number of hydrogen-bond acceptors (Lipinski definition) is 2. The van der Waals surface area contributed by atoms with E-state index >= 15 is 0 Å². The van der Waals surface area contributed by atoms with E-state index in [1.54, 1.807) is 12.1 Å². The van der Waals surface area contributed by atoms with Gasteiger partial charge in [-0.25, -0.2) is 4.39 Å². The molecular weight excluding hydrogens is 275 g/mol. The fraction of sp³-hybridized carbons (Fsp3) is 0.625. The van der Waals surface area contributed by atoms with Gasteiger partial charge in [-0.05, 0) is 42.0 Å². The van der Waals surface area contributed by atoms with Crippen LogP contribution in [0.3, 0.4) is 0 Å². The van der Waals surface area contributed by atoms with Gasteiger partial charge in [0, 0.05) is 19.1 Å². The highest BCUT2D eigenvalue weighted by atomic mass is 35.5. The predicted molar refractivity (Wildman–Crippen MR) is 82.3 cm³/mol. The highest BCUT2D eigenvalue weighted by Gasteiger charge is 2.34. The third-order valence-electron chi connectivity index (χ3n) is 4.44. The molecule has 0 saturated carbocycles. The zero-order chi connectivity index (χ0) is 14.9. The molecule has 20 heavy (non-hydrogen) atoms. The van der Waals surface area contributed by atoms with E-state index < -0.39 is 0 Å². The average Bonchev–Trinajstić information content (AvgIpc) is 2.84. The molecule has 2 unspecified atom stereocenters. The van der Waals surface area contributed by atoms with E-state index in [0.717, 1.165) is 18.7 Å². The highest BCUT2D eigenvalue weighted by Crippen LogP contribution is 2.37. The molecule has 2 N–H and O–H groups in total. The molecule has 0 radical (unpaired) electrons. The number of nitrogens with two attached hydrogens (primary N) is 1. The fourth-order valence-electron chi connectivity index (χ4n) is 2.99. The summed E-state index contributed by atoms with van der Waals surface area (Å²) >= 11 is 5.89. The van der Waals surface area contributed by atoms with E-state index in [1.807, 2.05) is 0 Å². The van der Waals surface area contributed by atoms with Gasteiger partial charge in [0.25, 0.3) is 0 Å². The summed E-state index contributed by atoms with van der Waals surface area (Å²) in [6.45, 7) is 9.46. The van der Waals surface area contributed by atoms with Crippen LogP contribution in [0.15, 0.2) is 18.2 Å². The van der Waals surface area contributed by atoms with Gasteiger partial charge in [0.15, 0.2) is 0 Å². The van der Waals surface area contributed by atoms with Crippen molar-refractivity contribution >= 4 is 11.6 Å². The Morgan fingerprint density at radius 3 is 2.65 bits per heavy atom. The predicted octanol–water partition coefficient (Wildman–Crippen LogP) is 3.85. The quantitative estimate of drug-likeness (QED) is 0.918. The van der Waals surface area contributed by atoms with Crippen molar-refractivity contribution in [2.75, 3.05) is 19.6 Å². The minimum absolute atomic E-state index is 0.125. The van der Waals surface area contributed by atoms with Crippen molar-refractivity contribution in [2.24, 2.45) is 17.1 Å². The molecule has 0 spiro atoms. The molecule has 2 nitrogen and oxygen atoms in total. The van der Waals surface area contributed by atoms with Crippen molar-refractivity contribution in [3.63, 3.8) is 0 Å². The maximum Gasteiger partial charge on any atom is 0.141 e. The van der Waals surface area contributed by atoms with E-state index in [1.165, 1.54) is 12.5 Å². The average molecular weight is 299 g/mol. The van der Waals surface area contributed by atoms with Crippen LogP contribution in [-0.2, 0) is 0 Å². The second-order valence-corrected chi connectivity index (χ2v) is 7.18. The van der Waals surface area contributed by atoms with Crippen LogP contribution in [0.4, 0.5) is 4.39 Å². The summed E-state index contributed by atoms with van der Waals surface area (Å²) in [6, 6.07) is 5.06. The first kappa shape index (κ1) is 15.7. The molecule has 2 rings (SSSR count). The zero-order valence-corrected chi connectivity index (χ0v) is 13.3. The molecule has 2 atom stereocenters. The Hall–Kier alpha value is -0.640. The van der Waals surface area contributed by atoms with Crippen LogP contribution < -0.4 is 5.73 Å². The molecule has 0 aromatic heterocycles. The topological polar surface area (TPSA) is 29.3 Å². The lowest BCUT2D eigenvalue weighted by atomic mass is 9.80. The normalized spacial score (nSPS) is 22.2. The van der Waals surface area contributed by atoms with Gasteiger partial charge >= 0.3 is 0 Å². The van der Waals surface area contributed by atoms with Gasteiger partial charge in [-0.1, -0.05) is 38.4 Å². The molecule has 0 amide bonds. The van der Waals surface area contributed by atoms with Crippen LogP contribution in [0.1, 0.15) is 38.8 Å². The Bertz CT molecular complexity index is 470. The van der Waals surface area contributed by atoms with Gasteiger partial charge in [0.2, 0.25) is 0 Å². The number of likely N-dealkylation sites (tertiary alicyclic amines) is 1. The number of benzene rings is 1. The minimum Gasteiger partial charge on any atom is -0.329 e. The summed E-state index contributed by atoms with van der Waals surface area (Å²) in [4.78, 5) is 2.40. The highest BCUT2D eigenvalue weighted by molar-refractivity contribution is 6.30. The smallest absolute Gasteiger partial charge is 0.141 e. The summed E-state index contributed by atoms with van der Waals surface area (Å²) in [5, 5.41) is 0.174. The molecule has 1 heterocycles. The summed E-state index contributed by atoms with van der Waals surface area (Å²) < 4.78 is 13.3. The Morgan fingerprint density at radius 2 is 2.15 bits per heavy atom. The molecular formula is C16H24ClFN2. The third-order valence-corrected chi connectivity index (χ3v) is 4.73. The number of nitrogens with zero attached hydrogens (tertiary/aromatic N) is 1. The van der Waals surface area contributed by atoms with E-state index in [4.69, 9.17) is 17.3 Å². The fourth-order valence-corrected chi connectivity index (χ4v) is 3.18. The molecule has 1 fully saturated rings. The van der Waals surface area contributed by atoms with E-state index in [0.29, 0.717) is 17.9 Å². The van der Waals surface area contributed by atoms with Gasteiger partial charge < -0.3 is 5.73 Å². The van der Waals surface area contributed by atoms with Crippen molar-refractivity contribution in [1.29, 1.82) is 0 Å². The first-order chi connectivity index (χ1) is 9.32. The number of rotatable bonds is 3. The Morgan fingerprint density at radius 1 is 1.45 bits per heavy atom. The molecule has 1 aliphatic heterocycles. The van der Waals surface area contributed by atoms with Crippen LogP contribution in [0, 0.1) is 17.2 Å². The lowest BCUT2D eigenvalue weighted by Gasteiger charge is -2.30. The van der Waals surface area contributed by atoms with E-state index in [2.05, 4.69) is 25.7 Å². The molecule has 4 heteroatoms. The largest absolute Gasteiger partial charge is 0.329 e. The van der Waals surface area contributed by atoms with Gasteiger partial charge in [-0.2, -0.15) is 0 Å². The van der Waals surface area contributed by atoms with Crippen LogP contribution >= 0.6 is 11.6 Å². The summed E-state index contributed by atoms with van der Waals surface area (Å²) in [6.07, 6.45) is 1.19. The lowest BCUT2D eigenvalue weighted by Crippen LogP contribution is -2.33. The lowest BCUT2D eigenvalue weighted by molar-refractivity contribution is 0.197. The second-order valence-electron chi connectivity index (χ2n) is 6.77. The van der Waals surface area contributed by atoms with Gasteiger partial charge in [0.05, 0.1) is 5.02 Å². The van der Waals surface area contributed by atoms with Crippen molar-refractivity contribution in [3.05, 3.63) is 34.6 Å². The SMILES string of the molecule is CC(C)(C)C1CCN(C(CN)c2ccc(F)c(Cl)c2)C1. The van der Waals surface area contributed by atoms with Crippen LogP contribution in [0.5, 0.6) is 0 Å². The Kier molecular flexibility index (Phi) is 4.73. The van der Waals surface area contributed by atoms with E-state index in [9.17, 15) is 4.39 Å². The summed E-state index contributed by atoms with van der Waals surface area (Å²) in [5.74, 6) is 0.299. The Labute approximate surface area is 126 Å². The third kappa shape index (κ3) is 3.33. The van der Waals surface area contributed by atoms with Crippen molar-refractivity contribution in [3.8, 4) is 0 Å². The molecule has 0 bridgehead atoms. The van der Waals surface area contributed by atoms with Gasteiger partial charge in [-0.15, -0.1) is 0 Å². The minimum atomic E-state index is -0.375. The maximum atomic E-state index is 13.3. The number of halogens is 2. The molecule has 1 aromatic rings. The van der Waals surface area contributed by atoms with Crippen molar-refractivity contribution in [1.82, 2.24) is 4.90 Å². The molecule has 1 saturated heterocycles. The van der Waals surface area contributed by atoms with Crippen molar-refractivity contribution < 1.29 is 4.39 Å². The molecule has 1 aliphatic rings. The summed E-state index contributed by atoms with van der Waals surface area (Å²) in [7, 11) is 0. The van der Waals surface area contributed by atoms with Crippen molar-refractivity contribution in [2.45, 2.75) is 33.2 Å². The van der Waals surface area contributed by atoms with Crippen LogP contribution in [0.2, 0.25) is 5.02 Å². The standard InChI is InChI=1S/C16H24ClFN2/c1-16(2,3)12-6-7-20(10-12)15(9-19)11-4-5-14(18)13(17)8-11/h4-5,8,12,15H,6-7,9-10,19H2,1-3H3. The van der Waals surface area contributed by atoms with E-state index in [-0.39, 0.29) is 16.9 Å². The zero-order valence-electron chi connectivity index (χ0n) is 12.5. The number of hydrogen-bond donors (Lipinski definition) is 1. The Balaban J connectivity index is 2.15. The monoisotopic (exact) mass is 298 g/mol. The maximum absolute atomic E-state index is 13.3. The van der Waals surface area contributed by atoms with Crippen LogP contribution in [0.25, 0.3) is 0 Å². The molecule has 1 aromatic carbocycles. The molecule has 0 aliphatic carbocycles. The second kappa shape index (κ2) is 6.00. The van der Waals surface area contributed by atoms with Gasteiger partial charge in [0.1, 0.15) is 5.82 Å². The molecule has 112 valence electrons. The summed E-state index contributed by atoms with van der Waals surface area (Å²) in [5.41, 5.74) is 7.27. The van der Waals surface area contributed by atoms with Gasteiger partial charge in [-0.3, -0.25) is 4.90 Å². The first-order valence-corrected chi connectivity index (χ1v) is 7.59. The first-order valence-electron chi connectivity index (χ1n) is 7.22.